The van der Waals surface area contributed by atoms with Crippen LogP contribution in [0, 0.1) is 17.6 Å². The van der Waals surface area contributed by atoms with E-state index in [1.54, 1.807) is 0 Å². The van der Waals surface area contributed by atoms with Crippen LogP contribution in [0.5, 0.6) is 0 Å². The van der Waals surface area contributed by atoms with Gasteiger partial charge in [-0.1, -0.05) is 38.1 Å². The minimum atomic E-state index is -0.648. The second-order valence-electron chi connectivity index (χ2n) is 9.26. The Kier molecular flexibility index (Phi) is 8.71. The zero-order chi connectivity index (χ0) is 23.2. The van der Waals surface area contributed by atoms with Gasteiger partial charge in [0.05, 0.1) is 0 Å². The Morgan fingerprint density at radius 2 is 1.68 bits per heavy atom. The molecule has 2 rings (SSSR count). The summed E-state index contributed by atoms with van der Waals surface area (Å²) in [6.07, 6.45) is 1.25. The second kappa shape index (κ2) is 10.8. The van der Waals surface area contributed by atoms with Crippen molar-refractivity contribution in [2.45, 2.75) is 65.1 Å². The van der Waals surface area contributed by atoms with Crippen molar-refractivity contribution in [1.82, 2.24) is 10.6 Å². The first-order valence-electron chi connectivity index (χ1n) is 10.8. The molecule has 4 N–H and O–H groups in total. The van der Waals surface area contributed by atoms with Gasteiger partial charge in [0.15, 0.2) is 0 Å². The first-order chi connectivity index (χ1) is 14.5. The molecule has 0 spiro atoms. The fraction of sp³-hybridized carbons (Fsp3) is 0.480. The number of amides is 1. The molecule has 2 aromatic carbocycles. The minimum Gasteiger partial charge on any atom is -0.352 e. The summed E-state index contributed by atoms with van der Waals surface area (Å²) in [4.78, 5) is 11.7. The lowest BCUT2D eigenvalue weighted by Gasteiger charge is -2.32. The molecule has 0 aromatic heterocycles. The van der Waals surface area contributed by atoms with Gasteiger partial charge in [-0.3, -0.25) is 4.79 Å². The normalized spacial score (nSPS) is 13.8. The number of nitrogens with two attached hydrogens (primary N) is 1. The summed E-state index contributed by atoms with van der Waals surface area (Å²) in [7, 11) is 0. The lowest BCUT2D eigenvalue weighted by atomic mass is 9.90. The number of hydrogen-bond acceptors (Lipinski definition) is 3. The molecule has 0 heterocycles. The highest BCUT2D eigenvalue weighted by molar-refractivity contribution is 5.73. The van der Waals surface area contributed by atoms with Crippen LogP contribution in [-0.2, 0) is 23.2 Å². The van der Waals surface area contributed by atoms with Gasteiger partial charge in [0.25, 0.3) is 0 Å². The van der Waals surface area contributed by atoms with Gasteiger partial charge in [-0.15, -0.1) is 0 Å². The molecule has 170 valence electrons. The molecule has 0 radical (unpaired) electrons. The van der Waals surface area contributed by atoms with E-state index < -0.39 is 23.7 Å². The standard InChI is InChI=1S/C25H35F2N3O/c1-16(2)9-18-7-6-8-20(10-18)25(4,5)29-15-23(28)24(30-17(3)31)13-19-11-21(26)14-22(27)12-19/h6-8,10-12,14,16,23-24,29H,9,13,15,28H2,1-5H3,(H,30,31). The smallest absolute Gasteiger partial charge is 0.217 e. The van der Waals surface area contributed by atoms with Crippen molar-refractivity contribution < 1.29 is 13.6 Å². The van der Waals surface area contributed by atoms with Crippen LogP contribution in [0.2, 0.25) is 0 Å². The fourth-order valence-electron chi connectivity index (χ4n) is 3.73. The molecule has 2 unspecified atom stereocenters. The predicted octanol–water partition coefficient (Wildman–Crippen LogP) is 4.06. The highest BCUT2D eigenvalue weighted by atomic mass is 19.1. The summed E-state index contributed by atoms with van der Waals surface area (Å²) in [6, 6.07) is 10.9. The van der Waals surface area contributed by atoms with Crippen LogP contribution >= 0.6 is 0 Å². The summed E-state index contributed by atoms with van der Waals surface area (Å²) >= 11 is 0. The summed E-state index contributed by atoms with van der Waals surface area (Å²) in [6.45, 7) is 10.4. The van der Waals surface area contributed by atoms with Crippen molar-refractivity contribution in [1.29, 1.82) is 0 Å². The SMILES string of the molecule is CC(=O)NC(Cc1cc(F)cc(F)c1)C(N)CNC(C)(C)c1cccc(CC(C)C)c1. The van der Waals surface area contributed by atoms with E-state index in [0.717, 1.165) is 18.1 Å². The van der Waals surface area contributed by atoms with E-state index >= 15 is 0 Å². The van der Waals surface area contributed by atoms with Crippen LogP contribution in [0.1, 0.15) is 51.3 Å². The number of rotatable bonds is 10. The van der Waals surface area contributed by atoms with E-state index in [0.29, 0.717) is 18.0 Å². The summed E-state index contributed by atoms with van der Waals surface area (Å²) in [5.74, 6) is -0.958. The van der Waals surface area contributed by atoms with Crippen molar-refractivity contribution >= 4 is 5.91 Å². The zero-order valence-corrected chi connectivity index (χ0v) is 19.1. The lowest BCUT2D eigenvalue weighted by molar-refractivity contribution is -0.119. The third kappa shape index (κ3) is 8.04. The molecule has 0 bridgehead atoms. The van der Waals surface area contributed by atoms with E-state index in [1.807, 2.05) is 0 Å². The molecule has 2 aromatic rings. The van der Waals surface area contributed by atoms with Gasteiger partial charge in [0, 0.05) is 37.2 Å². The van der Waals surface area contributed by atoms with E-state index in [-0.39, 0.29) is 17.9 Å². The summed E-state index contributed by atoms with van der Waals surface area (Å²) in [5, 5.41) is 6.32. The van der Waals surface area contributed by atoms with E-state index in [1.165, 1.54) is 24.6 Å². The van der Waals surface area contributed by atoms with Gasteiger partial charge in [0.2, 0.25) is 5.91 Å². The number of carbonyl (C=O) groups is 1. The maximum Gasteiger partial charge on any atom is 0.217 e. The molecule has 0 aliphatic heterocycles. The average molecular weight is 432 g/mol. The number of hydrogen-bond donors (Lipinski definition) is 3. The van der Waals surface area contributed by atoms with Crippen LogP contribution in [0.25, 0.3) is 0 Å². The van der Waals surface area contributed by atoms with Crippen LogP contribution in [0.15, 0.2) is 42.5 Å². The monoisotopic (exact) mass is 431 g/mol. The molecular formula is C25H35F2N3O. The zero-order valence-electron chi connectivity index (χ0n) is 19.1. The molecule has 0 saturated carbocycles. The second-order valence-corrected chi connectivity index (χ2v) is 9.26. The van der Waals surface area contributed by atoms with E-state index in [9.17, 15) is 13.6 Å². The molecule has 0 saturated heterocycles. The van der Waals surface area contributed by atoms with E-state index in [2.05, 4.69) is 62.6 Å². The highest BCUT2D eigenvalue weighted by Crippen LogP contribution is 2.22. The van der Waals surface area contributed by atoms with Crippen LogP contribution < -0.4 is 16.4 Å². The predicted molar refractivity (Wildman–Crippen MR) is 122 cm³/mol. The molecule has 6 heteroatoms. The van der Waals surface area contributed by atoms with Crippen molar-refractivity contribution in [2.24, 2.45) is 11.7 Å². The lowest BCUT2D eigenvalue weighted by Crippen LogP contribution is -2.55. The fourth-order valence-corrected chi connectivity index (χ4v) is 3.73. The third-order valence-electron chi connectivity index (χ3n) is 5.36. The first kappa shape index (κ1) is 25.0. The van der Waals surface area contributed by atoms with Crippen molar-refractivity contribution in [3.8, 4) is 0 Å². The van der Waals surface area contributed by atoms with Gasteiger partial charge in [0.1, 0.15) is 11.6 Å². The maximum absolute atomic E-state index is 13.6. The molecule has 4 nitrogen and oxygen atoms in total. The third-order valence-corrected chi connectivity index (χ3v) is 5.36. The van der Waals surface area contributed by atoms with Crippen LogP contribution in [-0.4, -0.2) is 24.5 Å². The number of halogens is 2. The molecule has 0 fully saturated rings. The molecule has 1 amide bonds. The molecule has 31 heavy (non-hydrogen) atoms. The molecule has 0 aliphatic rings. The highest BCUT2D eigenvalue weighted by Gasteiger charge is 2.25. The largest absolute Gasteiger partial charge is 0.352 e. The van der Waals surface area contributed by atoms with Gasteiger partial charge < -0.3 is 16.4 Å². The minimum absolute atomic E-state index is 0.238. The Morgan fingerprint density at radius 3 is 2.26 bits per heavy atom. The van der Waals surface area contributed by atoms with Crippen molar-refractivity contribution in [3.05, 3.63) is 70.8 Å². The molecule has 2 atom stereocenters. The summed E-state index contributed by atoms with van der Waals surface area (Å²) < 4.78 is 27.1. The Balaban J connectivity index is 2.10. The van der Waals surface area contributed by atoms with Gasteiger partial charge >= 0.3 is 0 Å². The first-order valence-corrected chi connectivity index (χ1v) is 10.8. The Labute approximate surface area is 184 Å². The number of carbonyl (C=O) groups excluding carboxylic acids is 1. The maximum atomic E-state index is 13.6. The topological polar surface area (TPSA) is 67.2 Å². The number of nitrogens with one attached hydrogen (secondary N) is 2. The summed E-state index contributed by atoms with van der Waals surface area (Å²) in [5.41, 5.74) is 8.96. The Morgan fingerprint density at radius 1 is 1.03 bits per heavy atom. The van der Waals surface area contributed by atoms with Crippen molar-refractivity contribution in [2.75, 3.05) is 6.54 Å². The Hall–Kier alpha value is -2.31. The van der Waals surface area contributed by atoms with Gasteiger partial charge in [-0.2, -0.15) is 0 Å². The average Bonchev–Trinajstić information content (AvgIpc) is 2.64. The van der Waals surface area contributed by atoms with Gasteiger partial charge in [-0.05, 0) is 61.4 Å². The molecule has 0 aliphatic carbocycles. The Bertz CT molecular complexity index is 863. The molecular weight excluding hydrogens is 396 g/mol. The van der Waals surface area contributed by atoms with Crippen LogP contribution in [0.3, 0.4) is 0 Å². The van der Waals surface area contributed by atoms with Gasteiger partial charge in [-0.25, -0.2) is 8.78 Å². The number of benzene rings is 2. The van der Waals surface area contributed by atoms with E-state index in [4.69, 9.17) is 5.73 Å². The quantitative estimate of drug-likeness (QED) is 0.531. The van der Waals surface area contributed by atoms with Crippen LogP contribution in [0.4, 0.5) is 8.78 Å². The van der Waals surface area contributed by atoms with Crippen molar-refractivity contribution in [3.63, 3.8) is 0 Å².